The molecule has 0 aromatic heterocycles. The molecule has 4 fully saturated rings. The highest BCUT2D eigenvalue weighted by molar-refractivity contribution is 5.76. The van der Waals surface area contributed by atoms with Crippen molar-refractivity contribution in [3.63, 3.8) is 0 Å². The summed E-state index contributed by atoms with van der Waals surface area (Å²) in [6, 6.07) is 0.189. The lowest BCUT2D eigenvalue weighted by molar-refractivity contribution is 0.0720. The molecule has 0 spiro atoms. The summed E-state index contributed by atoms with van der Waals surface area (Å²) >= 11 is 0. The van der Waals surface area contributed by atoms with E-state index in [-0.39, 0.29) is 24.3 Å². The Balaban J connectivity index is 1.38. The van der Waals surface area contributed by atoms with Crippen LogP contribution in [-0.2, 0) is 4.74 Å². The molecule has 0 saturated carbocycles. The molecule has 4 aliphatic rings. The number of hydrogen-bond donors (Lipinski definition) is 2. The molecule has 110 valence electrons. The van der Waals surface area contributed by atoms with Crippen molar-refractivity contribution in [1.29, 1.82) is 0 Å². The van der Waals surface area contributed by atoms with Gasteiger partial charge in [-0.1, -0.05) is 0 Å². The van der Waals surface area contributed by atoms with Gasteiger partial charge in [-0.2, -0.15) is 0 Å². The standard InChI is InChI=1S/C13H20N4O3/c18-12-15-10-1-2-16(7-11(10)20-12)13(19)17-5-8-3-14-4-9(8)6-17/h8-11,14H,1-7H2,(H,15,18)/t8-,9-,10-,11-/m1/s1. The molecule has 0 aromatic rings. The molecule has 3 amide bonds. The molecule has 0 unspecified atom stereocenters. The van der Waals surface area contributed by atoms with Gasteiger partial charge in [0.25, 0.3) is 0 Å². The molecule has 0 bridgehead atoms. The lowest BCUT2D eigenvalue weighted by Crippen LogP contribution is -2.53. The normalized spacial score (nSPS) is 39.3. The maximum absolute atomic E-state index is 12.6. The third-order valence-corrected chi connectivity index (χ3v) is 5.05. The van der Waals surface area contributed by atoms with Gasteiger partial charge in [-0.15, -0.1) is 0 Å². The van der Waals surface area contributed by atoms with E-state index in [2.05, 4.69) is 10.6 Å². The monoisotopic (exact) mass is 280 g/mol. The van der Waals surface area contributed by atoms with Gasteiger partial charge in [0, 0.05) is 32.7 Å². The van der Waals surface area contributed by atoms with Gasteiger partial charge < -0.3 is 25.2 Å². The van der Waals surface area contributed by atoms with Crippen LogP contribution in [0.1, 0.15) is 6.42 Å². The number of nitrogens with zero attached hydrogens (tertiary/aromatic N) is 2. The van der Waals surface area contributed by atoms with Gasteiger partial charge in [-0.05, 0) is 18.3 Å². The number of likely N-dealkylation sites (tertiary alicyclic amines) is 2. The molecule has 7 heteroatoms. The summed E-state index contributed by atoms with van der Waals surface area (Å²) in [6.07, 6.45) is 0.254. The number of nitrogens with one attached hydrogen (secondary N) is 2. The predicted molar refractivity (Wildman–Crippen MR) is 70.2 cm³/mol. The molecule has 4 rings (SSSR count). The van der Waals surface area contributed by atoms with E-state index in [0.29, 0.717) is 24.9 Å². The Hall–Kier alpha value is -1.50. The van der Waals surface area contributed by atoms with Crippen molar-refractivity contribution < 1.29 is 14.3 Å². The van der Waals surface area contributed by atoms with E-state index >= 15 is 0 Å². The largest absolute Gasteiger partial charge is 0.442 e. The second-order valence-electron chi connectivity index (χ2n) is 6.30. The number of hydrogen-bond acceptors (Lipinski definition) is 4. The fourth-order valence-corrected chi connectivity index (χ4v) is 3.91. The molecule has 4 atom stereocenters. The van der Waals surface area contributed by atoms with E-state index in [1.165, 1.54) is 0 Å². The summed E-state index contributed by atoms with van der Waals surface area (Å²) in [5.41, 5.74) is 0. The Morgan fingerprint density at radius 3 is 2.65 bits per heavy atom. The quantitative estimate of drug-likeness (QED) is 0.624. The number of rotatable bonds is 0. The maximum Gasteiger partial charge on any atom is 0.407 e. The number of ether oxygens (including phenoxy) is 1. The summed E-state index contributed by atoms with van der Waals surface area (Å²) in [6.45, 7) is 5.00. The summed E-state index contributed by atoms with van der Waals surface area (Å²) in [5.74, 6) is 1.23. The highest BCUT2D eigenvalue weighted by atomic mass is 16.6. The Morgan fingerprint density at radius 2 is 1.90 bits per heavy atom. The molecule has 2 N–H and O–H groups in total. The fourth-order valence-electron chi connectivity index (χ4n) is 3.91. The Morgan fingerprint density at radius 1 is 1.15 bits per heavy atom. The van der Waals surface area contributed by atoms with Crippen LogP contribution in [0.5, 0.6) is 0 Å². The lowest BCUT2D eigenvalue weighted by Gasteiger charge is -2.35. The van der Waals surface area contributed by atoms with Gasteiger partial charge in [0.05, 0.1) is 12.6 Å². The molecular weight excluding hydrogens is 260 g/mol. The Bertz CT molecular complexity index is 431. The summed E-state index contributed by atoms with van der Waals surface area (Å²) < 4.78 is 5.21. The Kier molecular flexibility index (Phi) is 2.76. The van der Waals surface area contributed by atoms with Gasteiger partial charge >= 0.3 is 12.1 Å². The van der Waals surface area contributed by atoms with Crippen molar-refractivity contribution >= 4 is 12.1 Å². The molecule has 4 aliphatic heterocycles. The molecule has 0 aromatic carbocycles. The van der Waals surface area contributed by atoms with Crippen molar-refractivity contribution in [1.82, 2.24) is 20.4 Å². The minimum Gasteiger partial charge on any atom is -0.442 e. The van der Waals surface area contributed by atoms with Gasteiger partial charge in [-0.3, -0.25) is 0 Å². The number of piperidine rings is 1. The highest BCUT2D eigenvalue weighted by Gasteiger charge is 2.43. The number of fused-ring (bicyclic) bond motifs is 2. The third kappa shape index (κ3) is 1.91. The first-order chi connectivity index (χ1) is 9.70. The average Bonchev–Trinajstić information content (AvgIpc) is 3.08. The van der Waals surface area contributed by atoms with Gasteiger partial charge in [0.15, 0.2) is 0 Å². The minimum absolute atomic E-state index is 0.0775. The topological polar surface area (TPSA) is 73.9 Å². The molecule has 7 nitrogen and oxygen atoms in total. The first-order valence-corrected chi connectivity index (χ1v) is 7.42. The van der Waals surface area contributed by atoms with Crippen LogP contribution in [0.25, 0.3) is 0 Å². The van der Waals surface area contributed by atoms with Crippen molar-refractivity contribution in [2.45, 2.75) is 18.6 Å². The van der Waals surface area contributed by atoms with Crippen molar-refractivity contribution in [2.75, 3.05) is 39.3 Å². The number of alkyl carbamates (subject to hydrolysis) is 1. The molecule has 4 heterocycles. The van der Waals surface area contributed by atoms with Crippen molar-refractivity contribution in [3.05, 3.63) is 0 Å². The van der Waals surface area contributed by atoms with Crippen molar-refractivity contribution in [3.8, 4) is 0 Å². The van der Waals surface area contributed by atoms with Crippen LogP contribution in [0.4, 0.5) is 9.59 Å². The van der Waals surface area contributed by atoms with E-state index in [4.69, 9.17) is 4.74 Å². The second-order valence-corrected chi connectivity index (χ2v) is 6.30. The zero-order valence-corrected chi connectivity index (χ0v) is 11.4. The Labute approximate surface area is 117 Å². The summed E-state index contributed by atoms with van der Waals surface area (Å²) in [4.78, 5) is 27.6. The summed E-state index contributed by atoms with van der Waals surface area (Å²) in [7, 11) is 0. The van der Waals surface area contributed by atoms with E-state index < -0.39 is 0 Å². The fraction of sp³-hybridized carbons (Fsp3) is 0.846. The molecular formula is C13H20N4O3. The lowest BCUT2D eigenvalue weighted by atomic mass is 10.0. The zero-order chi connectivity index (χ0) is 13.7. The van der Waals surface area contributed by atoms with Crippen LogP contribution in [-0.4, -0.2) is 73.3 Å². The highest BCUT2D eigenvalue weighted by Crippen LogP contribution is 2.28. The average molecular weight is 280 g/mol. The molecule has 4 saturated heterocycles. The third-order valence-electron chi connectivity index (χ3n) is 5.05. The first kappa shape index (κ1) is 12.3. The summed E-state index contributed by atoms with van der Waals surface area (Å²) in [5, 5.41) is 6.18. The molecule has 0 radical (unpaired) electrons. The smallest absolute Gasteiger partial charge is 0.407 e. The SMILES string of the molecule is O=C1N[C@@H]2CCN(C(=O)N3C[C@H]4CNC[C@@H]4C3)C[C@H]2O1. The van der Waals surface area contributed by atoms with Crippen molar-refractivity contribution in [2.24, 2.45) is 11.8 Å². The zero-order valence-electron chi connectivity index (χ0n) is 11.4. The predicted octanol–water partition coefficient (Wildman–Crippen LogP) is -0.560. The van der Waals surface area contributed by atoms with Crippen LogP contribution < -0.4 is 10.6 Å². The van der Waals surface area contributed by atoms with Crippen LogP contribution >= 0.6 is 0 Å². The van der Waals surface area contributed by atoms with Gasteiger partial charge in [0.2, 0.25) is 0 Å². The van der Waals surface area contributed by atoms with E-state index in [1.54, 1.807) is 0 Å². The number of carbonyl (C=O) groups excluding carboxylic acids is 2. The van der Waals surface area contributed by atoms with Crippen LogP contribution in [0.15, 0.2) is 0 Å². The number of amides is 3. The second kappa shape index (κ2) is 4.51. The van der Waals surface area contributed by atoms with Crippen LogP contribution in [0.2, 0.25) is 0 Å². The van der Waals surface area contributed by atoms with Crippen LogP contribution in [0.3, 0.4) is 0 Å². The number of carbonyl (C=O) groups is 2. The minimum atomic E-state index is -0.351. The maximum atomic E-state index is 12.6. The molecule has 0 aliphatic carbocycles. The van der Waals surface area contributed by atoms with Crippen LogP contribution in [0, 0.1) is 11.8 Å². The van der Waals surface area contributed by atoms with E-state index in [1.807, 2.05) is 9.80 Å². The van der Waals surface area contributed by atoms with Gasteiger partial charge in [0.1, 0.15) is 6.10 Å². The van der Waals surface area contributed by atoms with E-state index in [0.717, 1.165) is 32.6 Å². The molecule has 20 heavy (non-hydrogen) atoms. The van der Waals surface area contributed by atoms with E-state index in [9.17, 15) is 9.59 Å². The number of urea groups is 1. The van der Waals surface area contributed by atoms with Gasteiger partial charge in [-0.25, -0.2) is 9.59 Å². The first-order valence-electron chi connectivity index (χ1n) is 7.42.